The average Bonchev–Trinajstić information content (AvgIpc) is 2.58. The topological polar surface area (TPSA) is 0 Å². The van der Waals surface area contributed by atoms with Crippen molar-refractivity contribution in [3.8, 4) is 0 Å². The van der Waals surface area contributed by atoms with Gasteiger partial charge in [0.2, 0.25) is 0 Å². The zero-order valence-electron chi connectivity index (χ0n) is 11.5. The summed E-state index contributed by atoms with van der Waals surface area (Å²) in [5, 5.41) is 0. The van der Waals surface area contributed by atoms with Gasteiger partial charge in [0.25, 0.3) is 0 Å². The van der Waals surface area contributed by atoms with E-state index in [-0.39, 0.29) is 0 Å². The van der Waals surface area contributed by atoms with E-state index in [0.29, 0.717) is 0 Å². The van der Waals surface area contributed by atoms with E-state index in [1.165, 1.54) is 30.6 Å². The van der Waals surface area contributed by atoms with Crippen molar-refractivity contribution in [2.24, 2.45) is 39.9 Å². The number of rotatable bonds is 2. The first-order valence-corrected chi connectivity index (χ1v) is 8.25. The second-order valence-electron chi connectivity index (χ2n) is 8.17. The zero-order valence-corrected chi connectivity index (χ0v) is 11.5. The Morgan fingerprint density at radius 2 is 1.88 bits per heavy atom. The summed E-state index contributed by atoms with van der Waals surface area (Å²) in [6.07, 6.45) is 12.6. The monoisotopic (exact) mass is 230 g/mol. The van der Waals surface area contributed by atoms with Gasteiger partial charge in [-0.3, -0.25) is 0 Å². The van der Waals surface area contributed by atoms with Gasteiger partial charge < -0.3 is 0 Å². The van der Waals surface area contributed by atoms with Crippen molar-refractivity contribution in [1.29, 1.82) is 0 Å². The second kappa shape index (κ2) is 2.49. The molecule has 6 rings (SSSR count). The molecule has 2 bridgehead atoms. The fourth-order valence-corrected chi connectivity index (χ4v) is 8.77. The van der Waals surface area contributed by atoms with Gasteiger partial charge in [-0.1, -0.05) is 33.1 Å². The van der Waals surface area contributed by atoms with Gasteiger partial charge in [-0.2, -0.15) is 0 Å². The highest BCUT2D eigenvalue weighted by atomic mass is 15.1. The molecular formula is C17H26. The third-order valence-electron chi connectivity index (χ3n) is 8.50. The molecule has 0 heterocycles. The molecule has 0 aromatic rings. The predicted octanol–water partition coefficient (Wildman–Crippen LogP) is 4.64. The molecule has 17 heavy (non-hydrogen) atoms. The molecule has 0 nitrogen and oxygen atoms in total. The van der Waals surface area contributed by atoms with Crippen molar-refractivity contribution >= 4 is 0 Å². The summed E-state index contributed by atoms with van der Waals surface area (Å²) in [4.78, 5) is 0. The smallest absolute Gasteiger partial charge is 0.0113 e. The van der Waals surface area contributed by atoms with Crippen molar-refractivity contribution in [1.82, 2.24) is 0 Å². The fraction of sp³-hybridized carbons (Fsp3) is 1.00. The van der Waals surface area contributed by atoms with Crippen molar-refractivity contribution in [3.05, 3.63) is 0 Å². The van der Waals surface area contributed by atoms with Crippen LogP contribution in [-0.2, 0) is 0 Å². The molecule has 0 aliphatic heterocycles. The van der Waals surface area contributed by atoms with E-state index < -0.39 is 0 Å². The molecule has 0 amide bonds. The average molecular weight is 230 g/mol. The molecule has 1 spiro atoms. The second-order valence-corrected chi connectivity index (χ2v) is 8.17. The molecule has 6 fully saturated rings. The van der Waals surface area contributed by atoms with Crippen LogP contribution in [0.15, 0.2) is 0 Å². The van der Waals surface area contributed by atoms with Crippen LogP contribution in [0.5, 0.6) is 0 Å². The Hall–Kier alpha value is 0. The normalized spacial score (nSPS) is 67.1. The summed E-state index contributed by atoms with van der Waals surface area (Å²) in [6.45, 7) is 5.07. The van der Waals surface area contributed by atoms with Crippen molar-refractivity contribution in [2.45, 2.75) is 65.2 Å². The quantitative estimate of drug-likeness (QED) is 0.648. The van der Waals surface area contributed by atoms with Crippen molar-refractivity contribution < 1.29 is 0 Å². The summed E-state index contributed by atoms with van der Waals surface area (Å²) in [5.74, 6) is 4.64. The summed E-state index contributed by atoms with van der Waals surface area (Å²) in [5.41, 5.74) is 2.76. The highest BCUT2D eigenvalue weighted by Crippen LogP contribution is 3.11. The third kappa shape index (κ3) is 0.622. The zero-order chi connectivity index (χ0) is 11.5. The molecule has 0 aromatic heterocycles. The van der Waals surface area contributed by atoms with Gasteiger partial charge in [-0.25, -0.2) is 0 Å². The first kappa shape index (κ1) is 9.87. The van der Waals surface area contributed by atoms with Crippen LogP contribution >= 0.6 is 0 Å². The third-order valence-corrected chi connectivity index (χ3v) is 8.50. The Morgan fingerprint density at radius 3 is 2.53 bits per heavy atom. The highest BCUT2D eigenvalue weighted by molar-refractivity contribution is 5.53. The lowest BCUT2D eigenvalue weighted by Crippen LogP contribution is -2.72. The summed E-state index contributed by atoms with van der Waals surface area (Å²) in [7, 11) is 0. The lowest BCUT2D eigenvalue weighted by molar-refractivity contribution is -0.303. The first-order chi connectivity index (χ1) is 8.25. The maximum Gasteiger partial charge on any atom is -0.0113 e. The van der Waals surface area contributed by atoms with Gasteiger partial charge in [0, 0.05) is 0 Å². The van der Waals surface area contributed by atoms with Gasteiger partial charge in [-0.15, -0.1) is 0 Å². The van der Waals surface area contributed by atoms with Crippen LogP contribution in [0.3, 0.4) is 0 Å². The molecule has 0 saturated heterocycles. The molecule has 0 aromatic carbocycles. The molecular weight excluding hydrogens is 204 g/mol. The Morgan fingerprint density at radius 1 is 1.12 bits per heavy atom. The SMILES string of the molecule is CCC12CC34C1C(C)CC3C24C1CCCCC1. The van der Waals surface area contributed by atoms with Crippen LogP contribution < -0.4 is 0 Å². The van der Waals surface area contributed by atoms with Gasteiger partial charge in [0.15, 0.2) is 0 Å². The van der Waals surface area contributed by atoms with Gasteiger partial charge in [0.05, 0.1) is 0 Å². The molecule has 6 saturated carbocycles. The molecule has 0 N–H and O–H groups in total. The van der Waals surface area contributed by atoms with Crippen LogP contribution in [0.4, 0.5) is 0 Å². The molecule has 94 valence electrons. The maximum atomic E-state index is 2.56. The minimum atomic E-state index is 0.872. The molecule has 6 aliphatic rings. The molecule has 6 atom stereocenters. The van der Waals surface area contributed by atoms with E-state index in [2.05, 4.69) is 13.8 Å². The van der Waals surface area contributed by atoms with Crippen LogP contribution in [0, 0.1) is 39.9 Å². The standard InChI is InChI=1S/C17H26/c1-3-15-10-16-13(9-11(2)14(15)16)17(15,16)12-7-5-4-6-8-12/h11-14H,3-10H2,1-2H3. The summed E-state index contributed by atoms with van der Waals surface area (Å²) < 4.78 is 0. The van der Waals surface area contributed by atoms with Crippen LogP contribution in [0.1, 0.15) is 65.2 Å². The Balaban J connectivity index is 1.55. The van der Waals surface area contributed by atoms with E-state index in [1.807, 2.05) is 0 Å². The van der Waals surface area contributed by atoms with E-state index in [9.17, 15) is 0 Å². The van der Waals surface area contributed by atoms with Gasteiger partial charge in [-0.05, 0) is 72.0 Å². The van der Waals surface area contributed by atoms with Gasteiger partial charge >= 0.3 is 0 Å². The Bertz CT molecular complexity index is 393. The van der Waals surface area contributed by atoms with Crippen molar-refractivity contribution in [3.63, 3.8) is 0 Å². The lowest BCUT2D eigenvalue weighted by atomic mass is 9.26. The molecule has 6 unspecified atom stereocenters. The summed E-state index contributed by atoms with van der Waals surface area (Å²) in [6, 6.07) is 0. The van der Waals surface area contributed by atoms with E-state index in [0.717, 1.165) is 22.2 Å². The van der Waals surface area contributed by atoms with E-state index >= 15 is 0 Å². The molecule has 6 aliphatic carbocycles. The van der Waals surface area contributed by atoms with Gasteiger partial charge in [0.1, 0.15) is 0 Å². The fourth-order valence-electron chi connectivity index (χ4n) is 8.77. The van der Waals surface area contributed by atoms with Crippen LogP contribution in [0.25, 0.3) is 0 Å². The molecule has 0 heteroatoms. The lowest BCUT2D eigenvalue weighted by Gasteiger charge is -2.77. The van der Waals surface area contributed by atoms with Crippen LogP contribution in [0.2, 0.25) is 0 Å². The summed E-state index contributed by atoms with van der Waals surface area (Å²) >= 11 is 0. The van der Waals surface area contributed by atoms with E-state index in [4.69, 9.17) is 0 Å². The Labute approximate surface area is 106 Å². The first-order valence-electron chi connectivity index (χ1n) is 8.25. The highest BCUT2D eigenvalue weighted by Gasteiger charge is 3.07. The van der Waals surface area contributed by atoms with Crippen molar-refractivity contribution in [2.75, 3.05) is 0 Å². The number of hydrogen-bond donors (Lipinski definition) is 0. The minimum absolute atomic E-state index is 0.872. The molecule has 0 radical (unpaired) electrons. The number of hydrogen-bond acceptors (Lipinski definition) is 0. The predicted molar refractivity (Wildman–Crippen MR) is 69.5 cm³/mol. The largest absolute Gasteiger partial charge is 0.0648 e. The minimum Gasteiger partial charge on any atom is -0.0648 e. The van der Waals surface area contributed by atoms with Crippen LogP contribution in [-0.4, -0.2) is 0 Å². The van der Waals surface area contributed by atoms with E-state index in [1.54, 1.807) is 38.5 Å². The maximum absolute atomic E-state index is 2.56. The Kier molecular flexibility index (Phi) is 1.45.